The lowest BCUT2D eigenvalue weighted by atomic mass is 9.76. The third-order valence-corrected chi connectivity index (χ3v) is 3.51. The summed E-state index contributed by atoms with van der Waals surface area (Å²) in [7, 11) is 0. The van der Waals surface area contributed by atoms with Gasteiger partial charge in [0, 0.05) is 12.5 Å². The number of nitrogens with two attached hydrogens (primary N) is 1. The SMILES string of the molecule is CC(C)(C)C(N)CC(=O)NC1(C(=O)O)CCC1. The maximum absolute atomic E-state index is 11.8. The highest BCUT2D eigenvalue weighted by molar-refractivity contribution is 5.88. The first kappa shape index (κ1) is 14.0. The molecule has 0 radical (unpaired) electrons. The molecule has 5 heteroatoms. The van der Waals surface area contributed by atoms with Crippen LogP contribution in [0.15, 0.2) is 0 Å². The molecule has 0 heterocycles. The molecular formula is C12H22N2O3. The molecule has 1 aliphatic rings. The van der Waals surface area contributed by atoms with Gasteiger partial charge in [0.15, 0.2) is 0 Å². The first-order chi connectivity index (χ1) is 7.67. The largest absolute Gasteiger partial charge is 0.480 e. The minimum absolute atomic E-state index is 0.159. The van der Waals surface area contributed by atoms with Crippen LogP contribution in [0, 0.1) is 5.41 Å². The molecule has 0 aliphatic heterocycles. The molecule has 1 amide bonds. The summed E-state index contributed by atoms with van der Waals surface area (Å²) >= 11 is 0. The van der Waals surface area contributed by atoms with Gasteiger partial charge in [-0.3, -0.25) is 4.79 Å². The number of aliphatic carboxylic acids is 1. The van der Waals surface area contributed by atoms with Crippen LogP contribution in [-0.2, 0) is 9.59 Å². The number of hydrogen-bond acceptors (Lipinski definition) is 3. The fraction of sp³-hybridized carbons (Fsp3) is 0.833. The van der Waals surface area contributed by atoms with Crippen molar-refractivity contribution in [2.75, 3.05) is 0 Å². The Bertz CT molecular complexity index is 316. The van der Waals surface area contributed by atoms with Crippen LogP contribution >= 0.6 is 0 Å². The molecule has 0 saturated heterocycles. The highest BCUT2D eigenvalue weighted by Crippen LogP contribution is 2.32. The summed E-state index contributed by atoms with van der Waals surface area (Å²) in [6.45, 7) is 5.88. The molecule has 1 atom stereocenters. The van der Waals surface area contributed by atoms with E-state index in [2.05, 4.69) is 5.32 Å². The van der Waals surface area contributed by atoms with Crippen LogP contribution < -0.4 is 11.1 Å². The molecule has 1 saturated carbocycles. The molecule has 0 spiro atoms. The van der Waals surface area contributed by atoms with E-state index in [0.717, 1.165) is 6.42 Å². The second-order valence-corrected chi connectivity index (χ2v) is 5.97. The fourth-order valence-electron chi connectivity index (χ4n) is 1.75. The van der Waals surface area contributed by atoms with E-state index in [-0.39, 0.29) is 23.8 Å². The number of carbonyl (C=O) groups is 2. The van der Waals surface area contributed by atoms with Crippen LogP contribution in [0.1, 0.15) is 46.5 Å². The maximum atomic E-state index is 11.8. The van der Waals surface area contributed by atoms with Crippen molar-refractivity contribution in [3.8, 4) is 0 Å². The zero-order valence-corrected chi connectivity index (χ0v) is 10.7. The monoisotopic (exact) mass is 242 g/mol. The zero-order valence-electron chi connectivity index (χ0n) is 10.7. The van der Waals surface area contributed by atoms with Gasteiger partial charge in [0.25, 0.3) is 0 Å². The summed E-state index contributed by atoms with van der Waals surface area (Å²) in [5.41, 5.74) is 4.71. The Morgan fingerprint density at radius 1 is 1.41 bits per heavy atom. The van der Waals surface area contributed by atoms with E-state index in [4.69, 9.17) is 10.8 Å². The number of nitrogens with one attached hydrogen (secondary N) is 1. The van der Waals surface area contributed by atoms with Crippen LogP contribution in [0.4, 0.5) is 0 Å². The van der Waals surface area contributed by atoms with E-state index in [1.54, 1.807) is 0 Å². The lowest BCUT2D eigenvalue weighted by Gasteiger charge is -2.39. The molecule has 1 unspecified atom stereocenters. The van der Waals surface area contributed by atoms with Gasteiger partial charge in [-0.25, -0.2) is 4.79 Å². The lowest BCUT2D eigenvalue weighted by molar-refractivity contribution is -0.151. The molecule has 0 aromatic carbocycles. The number of carboxylic acid groups (broad SMARTS) is 1. The minimum atomic E-state index is -1.03. The van der Waals surface area contributed by atoms with Crippen LogP contribution in [0.3, 0.4) is 0 Å². The van der Waals surface area contributed by atoms with Gasteiger partial charge >= 0.3 is 5.97 Å². The van der Waals surface area contributed by atoms with Crippen molar-refractivity contribution in [2.24, 2.45) is 11.1 Å². The van der Waals surface area contributed by atoms with Gasteiger partial charge in [-0.15, -0.1) is 0 Å². The maximum Gasteiger partial charge on any atom is 0.329 e. The number of amides is 1. The first-order valence-corrected chi connectivity index (χ1v) is 5.97. The summed E-state index contributed by atoms with van der Waals surface area (Å²) in [5, 5.41) is 11.7. The van der Waals surface area contributed by atoms with E-state index < -0.39 is 11.5 Å². The second-order valence-electron chi connectivity index (χ2n) is 5.97. The molecule has 0 aromatic rings. The van der Waals surface area contributed by atoms with Gasteiger partial charge in [0.1, 0.15) is 5.54 Å². The summed E-state index contributed by atoms with van der Waals surface area (Å²) in [5.74, 6) is -1.21. The second kappa shape index (κ2) is 4.64. The van der Waals surface area contributed by atoms with Gasteiger partial charge in [-0.2, -0.15) is 0 Å². The Balaban J connectivity index is 2.53. The molecule has 1 rings (SSSR count). The van der Waals surface area contributed by atoms with Crippen molar-refractivity contribution in [3.63, 3.8) is 0 Å². The number of carboxylic acids is 1. The third-order valence-electron chi connectivity index (χ3n) is 3.51. The van der Waals surface area contributed by atoms with Gasteiger partial charge < -0.3 is 16.2 Å². The smallest absolute Gasteiger partial charge is 0.329 e. The lowest BCUT2D eigenvalue weighted by Crippen LogP contribution is -2.59. The number of rotatable bonds is 4. The number of carbonyl (C=O) groups excluding carboxylic acids is 1. The van der Waals surface area contributed by atoms with E-state index >= 15 is 0 Å². The molecule has 5 nitrogen and oxygen atoms in total. The van der Waals surface area contributed by atoms with Crippen LogP contribution in [-0.4, -0.2) is 28.6 Å². The van der Waals surface area contributed by atoms with E-state index in [0.29, 0.717) is 12.8 Å². The summed E-state index contributed by atoms with van der Waals surface area (Å²) in [4.78, 5) is 22.8. The third kappa shape index (κ3) is 3.19. The molecule has 98 valence electrons. The Labute approximate surface area is 102 Å². The highest BCUT2D eigenvalue weighted by Gasteiger charge is 2.45. The van der Waals surface area contributed by atoms with Gasteiger partial charge in [-0.05, 0) is 24.7 Å². The highest BCUT2D eigenvalue weighted by atomic mass is 16.4. The van der Waals surface area contributed by atoms with E-state index in [1.165, 1.54) is 0 Å². The quantitative estimate of drug-likeness (QED) is 0.682. The Kier molecular flexibility index (Phi) is 3.81. The molecular weight excluding hydrogens is 220 g/mol. The van der Waals surface area contributed by atoms with Gasteiger partial charge in [0.05, 0.1) is 0 Å². The molecule has 4 N–H and O–H groups in total. The van der Waals surface area contributed by atoms with Crippen LogP contribution in [0.5, 0.6) is 0 Å². The topological polar surface area (TPSA) is 92.4 Å². The van der Waals surface area contributed by atoms with Crippen LogP contribution in [0.2, 0.25) is 0 Å². The number of hydrogen-bond donors (Lipinski definition) is 3. The minimum Gasteiger partial charge on any atom is -0.480 e. The molecule has 17 heavy (non-hydrogen) atoms. The van der Waals surface area contributed by atoms with E-state index in [1.807, 2.05) is 20.8 Å². The average Bonchev–Trinajstić information content (AvgIpc) is 2.08. The standard InChI is InChI=1S/C12H22N2O3/c1-11(2,3)8(13)7-9(15)14-12(10(16)17)5-4-6-12/h8H,4-7,13H2,1-3H3,(H,14,15)(H,16,17). The van der Waals surface area contributed by atoms with Crippen molar-refractivity contribution in [1.29, 1.82) is 0 Å². The predicted octanol–water partition coefficient (Wildman–Crippen LogP) is 0.873. The first-order valence-electron chi connectivity index (χ1n) is 5.97. The Morgan fingerprint density at radius 3 is 2.24 bits per heavy atom. The van der Waals surface area contributed by atoms with E-state index in [9.17, 15) is 9.59 Å². The molecule has 0 aromatic heterocycles. The average molecular weight is 242 g/mol. The van der Waals surface area contributed by atoms with Crippen LogP contribution in [0.25, 0.3) is 0 Å². The molecule has 1 fully saturated rings. The Morgan fingerprint density at radius 2 is 1.94 bits per heavy atom. The molecule has 0 bridgehead atoms. The molecule has 1 aliphatic carbocycles. The van der Waals surface area contributed by atoms with Crippen molar-refractivity contribution < 1.29 is 14.7 Å². The van der Waals surface area contributed by atoms with Crippen molar-refractivity contribution in [1.82, 2.24) is 5.32 Å². The summed E-state index contributed by atoms with van der Waals surface area (Å²) in [6, 6.07) is -0.270. The fourth-order valence-corrected chi connectivity index (χ4v) is 1.75. The summed E-state index contributed by atoms with van der Waals surface area (Å²) < 4.78 is 0. The zero-order chi connectivity index (χ0) is 13.3. The van der Waals surface area contributed by atoms with Gasteiger partial charge in [0.2, 0.25) is 5.91 Å². The van der Waals surface area contributed by atoms with Crippen molar-refractivity contribution >= 4 is 11.9 Å². The Hall–Kier alpha value is -1.10. The van der Waals surface area contributed by atoms with Crippen molar-refractivity contribution in [2.45, 2.75) is 58.0 Å². The summed E-state index contributed by atoms with van der Waals surface area (Å²) in [6.07, 6.45) is 2.04. The normalized spacial score (nSPS) is 20.2. The van der Waals surface area contributed by atoms with Crippen molar-refractivity contribution in [3.05, 3.63) is 0 Å². The van der Waals surface area contributed by atoms with Gasteiger partial charge in [-0.1, -0.05) is 20.8 Å². The predicted molar refractivity (Wildman–Crippen MR) is 64.4 cm³/mol.